The maximum absolute atomic E-state index is 13.4. The molecule has 0 saturated heterocycles. The van der Waals surface area contributed by atoms with Crippen LogP contribution in [0.25, 0.3) is 0 Å². The van der Waals surface area contributed by atoms with E-state index in [0.29, 0.717) is 22.0 Å². The van der Waals surface area contributed by atoms with Crippen LogP contribution in [0.3, 0.4) is 0 Å². The fraction of sp³-hybridized carbons (Fsp3) is 0.346. The van der Waals surface area contributed by atoms with Crippen LogP contribution >= 0.6 is 11.3 Å². The van der Waals surface area contributed by atoms with Crippen molar-refractivity contribution in [2.45, 2.75) is 47.0 Å². The molecule has 2 heterocycles. The van der Waals surface area contributed by atoms with Crippen LogP contribution in [0.5, 0.6) is 0 Å². The van der Waals surface area contributed by atoms with Crippen molar-refractivity contribution in [2.24, 2.45) is 11.3 Å². The number of thiophene rings is 1. The Labute approximate surface area is 193 Å². The van der Waals surface area contributed by atoms with Crippen molar-refractivity contribution < 1.29 is 9.59 Å². The topological polar surface area (TPSA) is 71.1 Å². The van der Waals surface area contributed by atoms with E-state index in [1.165, 1.54) is 16.2 Å². The first kappa shape index (κ1) is 22.2. The number of hydrogen-bond acceptors (Lipinski definition) is 4. The summed E-state index contributed by atoms with van der Waals surface area (Å²) in [5.41, 5.74) is 4.22. The van der Waals surface area contributed by atoms with Crippen molar-refractivity contribution in [3.63, 3.8) is 0 Å². The number of pyridine rings is 1. The van der Waals surface area contributed by atoms with E-state index in [1.54, 1.807) is 24.5 Å². The maximum atomic E-state index is 13.4. The summed E-state index contributed by atoms with van der Waals surface area (Å²) in [4.78, 5) is 31.5. The van der Waals surface area contributed by atoms with Gasteiger partial charge in [0.2, 0.25) is 0 Å². The molecule has 1 aromatic carbocycles. The molecule has 1 atom stereocenters. The van der Waals surface area contributed by atoms with Crippen molar-refractivity contribution in [1.29, 1.82) is 0 Å². The summed E-state index contributed by atoms with van der Waals surface area (Å²) < 4.78 is 0. The highest BCUT2D eigenvalue weighted by Gasteiger charge is 2.34. The quantitative estimate of drug-likeness (QED) is 0.507. The largest absolute Gasteiger partial charge is 0.322 e. The molecule has 0 spiro atoms. The van der Waals surface area contributed by atoms with E-state index < -0.39 is 0 Å². The van der Waals surface area contributed by atoms with Crippen LogP contribution in [0.15, 0.2) is 48.8 Å². The SMILES string of the molecule is Cc1cccc(NC(=O)c2c(NC(=O)c3ccncc3)sc3c2CC[C@H](C(C)(C)C)C3)c1. The van der Waals surface area contributed by atoms with Gasteiger partial charge in [0.15, 0.2) is 0 Å². The summed E-state index contributed by atoms with van der Waals surface area (Å²) in [6, 6.07) is 11.1. The molecule has 1 aliphatic carbocycles. The van der Waals surface area contributed by atoms with Gasteiger partial charge in [0.1, 0.15) is 5.00 Å². The van der Waals surface area contributed by atoms with Gasteiger partial charge in [-0.25, -0.2) is 0 Å². The van der Waals surface area contributed by atoms with Crippen molar-refractivity contribution in [2.75, 3.05) is 10.6 Å². The van der Waals surface area contributed by atoms with Gasteiger partial charge in [0.25, 0.3) is 11.8 Å². The van der Waals surface area contributed by atoms with Crippen LogP contribution in [0, 0.1) is 18.3 Å². The zero-order chi connectivity index (χ0) is 22.9. The number of aryl methyl sites for hydroxylation is 1. The lowest BCUT2D eigenvalue weighted by Crippen LogP contribution is -2.27. The van der Waals surface area contributed by atoms with Crippen LogP contribution in [0.1, 0.15) is 63.9 Å². The highest BCUT2D eigenvalue weighted by molar-refractivity contribution is 7.17. The maximum Gasteiger partial charge on any atom is 0.258 e. The van der Waals surface area contributed by atoms with Crippen molar-refractivity contribution in [3.05, 3.63) is 75.9 Å². The zero-order valence-electron chi connectivity index (χ0n) is 19.0. The molecule has 4 rings (SSSR count). The fourth-order valence-electron chi connectivity index (χ4n) is 4.25. The van der Waals surface area contributed by atoms with Gasteiger partial charge in [-0.1, -0.05) is 32.9 Å². The molecule has 0 radical (unpaired) electrons. The van der Waals surface area contributed by atoms with E-state index in [9.17, 15) is 9.59 Å². The summed E-state index contributed by atoms with van der Waals surface area (Å²) in [5, 5.41) is 6.67. The van der Waals surface area contributed by atoms with E-state index in [2.05, 4.69) is 36.4 Å². The Balaban J connectivity index is 1.69. The molecule has 0 bridgehead atoms. The number of carbonyl (C=O) groups is 2. The fourth-order valence-corrected chi connectivity index (χ4v) is 5.57. The summed E-state index contributed by atoms with van der Waals surface area (Å²) in [6.45, 7) is 8.81. The number of anilines is 2. The summed E-state index contributed by atoms with van der Waals surface area (Å²) >= 11 is 1.54. The molecule has 2 amide bonds. The van der Waals surface area contributed by atoms with E-state index >= 15 is 0 Å². The van der Waals surface area contributed by atoms with Crippen LogP contribution in [0.2, 0.25) is 0 Å². The molecular weight excluding hydrogens is 418 g/mol. The Morgan fingerprint density at radius 3 is 2.50 bits per heavy atom. The van der Waals surface area contributed by atoms with Crippen molar-refractivity contribution >= 4 is 33.8 Å². The number of nitrogens with one attached hydrogen (secondary N) is 2. The van der Waals surface area contributed by atoms with Gasteiger partial charge in [-0.15, -0.1) is 11.3 Å². The third-order valence-electron chi connectivity index (χ3n) is 6.16. The molecule has 2 aromatic heterocycles. The third kappa shape index (κ3) is 4.75. The van der Waals surface area contributed by atoms with Gasteiger partial charge < -0.3 is 10.6 Å². The molecule has 5 nitrogen and oxygen atoms in total. The van der Waals surface area contributed by atoms with Crippen LogP contribution in [-0.4, -0.2) is 16.8 Å². The van der Waals surface area contributed by atoms with Gasteiger partial charge in [0, 0.05) is 28.5 Å². The van der Waals surface area contributed by atoms with E-state index in [1.807, 2.05) is 31.2 Å². The smallest absolute Gasteiger partial charge is 0.258 e. The lowest BCUT2D eigenvalue weighted by Gasteiger charge is -2.33. The van der Waals surface area contributed by atoms with Crippen molar-refractivity contribution in [3.8, 4) is 0 Å². The number of fused-ring (bicyclic) bond motifs is 1. The predicted octanol–water partition coefficient (Wildman–Crippen LogP) is 6.11. The Morgan fingerprint density at radius 1 is 1.06 bits per heavy atom. The highest BCUT2D eigenvalue weighted by Crippen LogP contribution is 2.44. The second-order valence-corrected chi connectivity index (χ2v) is 10.6. The van der Waals surface area contributed by atoms with Crippen LogP contribution < -0.4 is 10.6 Å². The summed E-state index contributed by atoms with van der Waals surface area (Å²) in [5.74, 6) is 0.139. The predicted molar refractivity (Wildman–Crippen MR) is 131 cm³/mol. The van der Waals surface area contributed by atoms with Gasteiger partial charge in [-0.2, -0.15) is 0 Å². The zero-order valence-corrected chi connectivity index (χ0v) is 19.8. The number of benzene rings is 1. The number of rotatable bonds is 4. The minimum absolute atomic E-state index is 0.174. The number of carbonyl (C=O) groups excluding carboxylic acids is 2. The van der Waals surface area contributed by atoms with Crippen LogP contribution in [0.4, 0.5) is 10.7 Å². The number of nitrogens with zero attached hydrogens (tertiary/aromatic N) is 1. The van der Waals surface area contributed by atoms with E-state index in [4.69, 9.17) is 0 Å². The third-order valence-corrected chi connectivity index (χ3v) is 7.33. The first-order valence-electron chi connectivity index (χ1n) is 11.0. The average molecular weight is 448 g/mol. The molecule has 0 saturated carbocycles. The molecule has 0 fully saturated rings. The monoisotopic (exact) mass is 447 g/mol. The lowest BCUT2D eigenvalue weighted by molar-refractivity contribution is 0.102. The second-order valence-electron chi connectivity index (χ2n) is 9.53. The van der Waals surface area contributed by atoms with Gasteiger partial charge >= 0.3 is 0 Å². The standard InChI is InChI=1S/C26H29N3O2S/c1-16-6-5-7-19(14-16)28-24(31)22-20-9-8-18(26(2,3)4)15-21(20)32-25(22)29-23(30)17-10-12-27-13-11-17/h5-7,10-14,18H,8-9,15H2,1-4H3,(H,28,31)(H,29,30)/t18-/m0/s1. The van der Waals surface area contributed by atoms with Gasteiger partial charge in [-0.3, -0.25) is 14.6 Å². The first-order valence-corrected chi connectivity index (χ1v) is 11.8. The molecule has 2 N–H and O–H groups in total. The number of aromatic nitrogens is 1. The molecule has 0 aliphatic heterocycles. The van der Waals surface area contributed by atoms with E-state index in [0.717, 1.165) is 36.1 Å². The molecule has 3 aromatic rings. The summed E-state index contributed by atoms with van der Waals surface area (Å²) in [6.07, 6.45) is 5.99. The van der Waals surface area contributed by atoms with E-state index in [-0.39, 0.29) is 17.2 Å². The molecule has 166 valence electrons. The molecule has 32 heavy (non-hydrogen) atoms. The molecule has 6 heteroatoms. The Hall–Kier alpha value is -2.99. The first-order chi connectivity index (χ1) is 15.2. The number of hydrogen-bond donors (Lipinski definition) is 2. The van der Waals surface area contributed by atoms with Gasteiger partial charge in [0.05, 0.1) is 5.56 Å². The Bertz CT molecular complexity index is 1150. The minimum atomic E-state index is -0.233. The second kappa shape index (κ2) is 8.87. The minimum Gasteiger partial charge on any atom is -0.322 e. The molecule has 1 aliphatic rings. The Kier molecular flexibility index (Phi) is 6.15. The normalized spacial score (nSPS) is 15.7. The number of amides is 2. The lowest BCUT2D eigenvalue weighted by atomic mass is 9.72. The average Bonchev–Trinajstić information content (AvgIpc) is 3.10. The Morgan fingerprint density at radius 2 is 1.81 bits per heavy atom. The van der Waals surface area contributed by atoms with Crippen molar-refractivity contribution in [1.82, 2.24) is 4.98 Å². The summed E-state index contributed by atoms with van der Waals surface area (Å²) in [7, 11) is 0. The highest BCUT2D eigenvalue weighted by atomic mass is 32.1. The molecule has 0 unspecified atom stereocenters. The van der Waals surface area contributed by atoms with Crippen LogP contribution in [-0.2, 0) is 12.8 Å². The van der Waals surface area contributed by atoms with Gasteiger partial charge in [-0.05, 0) is 72.9 Å². The molecular formula is C26H29N3O2S.